The first-order chi connectivity index (χ1) is 14.7. The monoisotopic (exact) mass is 411 g/mol. The SMILES string of the molecule is CCCOc1cc(OCC)c2c(c1)C(=O)c1cccc(OCCN3CCOCC3)c1-2. The van der Waals surface area contributed by atoms with E-state index < -0.39 is 0 Å². The fourth-order valence-electron chi connectivity index (χ4n) is 3.95. The van der Waals surface area contributed by atoms with E-state index in [4.69, 9.17) is 18.9 Å². The number of hydrogen-bond donors (Lipinski definition) is 0. The molecule has 1 fully saturated rings. The lowest BCUT2D eigenvalue weighted by Gasteiger charge is -2.26. The lowest BCUT2D eigenvalue weighted by atomic mass is 10.0. The van der Waals surface area contributed by atoms with Gasteiger partial charge in [-0.15, -0.1) is 0 Å². The Labute approximate surface area is 177 Å². The summed E-state index contributed by atoms with van der Waals surface area (Å²) >= 11 is 0. The number of ether oxygens (including phenoxy) is 4. The Hall–Kier alpha value is -2.57. The molecule has 1 heterocycles. The predicted octanol–water partition coefficient (Wildman–Crippen LogP) is 3.80. The van der Waals surface area contributed by atoms with E-state index in [0.29, 0.717) is 42.4 Å². The highest BCUT2D eigenvalue weighted by Gasteiger charge is 2.33. The van der Waals surface area contributed by atoms with E-state index in [-0.39, 0.29) is 5.78 Å². The van der Waals surface area contributed by atoms with Crippen LogP contribution in [-0.4, -0.2) is 63.4 Å². The lowest BCUT2D eigenvalue weighted by Crippen LogP contribution is -2.38. The molecule has 0 unspecified atom stereocenters. The van der Waals surface area contributed by atoms with Gasteiger partial charge in [0.2, 0.25) is 0 Å². The molecule has 160 valence electrons. The van der Waals surface area contributed by atoms with Gasteiger partial charge >= 0.3 is 0 Å². The maximum atomic E-state index is 13.2. The topological polar surface area (TPSA) is 57.2 Å². The van der Waals surface area contributed by atoms with Crippen LogP contribution in [0.2, 0.25) is 0 Å². The summed E-state index contributed by atoms with van der Waals surface area (Å²) < 4.78 is 23.3. The molecule has 0 aromatic heterocycles. The summed E-state index contributed by atoms with van der Waals surface area (Å²) in [6.45, 7) is 9.86. The smallest absolute Gasteiger partial charge is 0.194 e. The molecule has 0 saturated carbocycles. The van der Waals surface area contributed by atoms with Crippen LogP contribution in [-0.2, 0) is 4.74 Å². The van der Waals surface area contributed by atoms with Crippen molar-refractivity contribution in [2.75, 3.05) is 52.7 Å². The van der Waals surface area contributed by atoms with Crippen LogP contribution in [0, 0.1) is 0 Å². The fraction of sp³-hybridized carbons (Fsp3) is 0.458. The molecule has 4 rings (SSSR count). The number of rotatable bonds is 9. The Morgan fingerprint density at radius 2 is 1.73 bits per heavy atom. The molecule has 0 amide bonds. The summed E-state index contributed by atoms with van der Waals surface area (Å²) in [7, 11) is 0. The number of nitrogens with zero attached hydrogens (tertiary/aromatic N) is 1. The number of hydrogen-bond acceptors (Lipinski definition) is 6. The third kappa shape index (κ3) is 4.16. The fourth-order valence-corrected chi connectivity index (χ4v) is 3.95. The van der Waals surface area contributed by atoms with Crippen LogP contribution in [0.5, 0.6) is 17.2 Å². The second-order valence-electron chi connectivity index (χ2n) is 7.44. The van der Waals surface area contributed by atoms with Gasteiger partial charge in [-0.2, -0.15) is 0 Å². The maximum Gasteiger partial charge on any atom is 0.194 e. The number of carbonyl (C=O) groups is 1. The van der Waals surface area contributed by atoms with Crippen molar-refractivity contribution in [2.24, 2.45) is 0 Å². The Kier molecular flexibility index (Phi) is 6.55. The lowest BCUT2D eigenvalue weighted by molar-refractivity contribution is 0.0323. The first-order valence-electron chi connectivity index (χ1n) is 10.8. The van der Waals surface area contributed by atoms with Crippen molar-refractivity contribution in [2.45, 2.75) is 20.3 Å². The van der Waals surface area contributed by atoms with Crippen molar-refractivity contribution in [1.82, 2.24) is 4.90 Å². The van der Waals surface area contributed by atoms with E-state index in [2.05, 4.69) is 11.8 Å². The molecule has 0 spiro atoms. The van der Waals surface area contributed by atoms with Gasteiger partial charge in [-0.1, -0.05) is 19.1 Å². The van der Waals surface area contributed by atoms with Crippen LogP contribution in [0.15, 0.2) is 30.3 Å². The van der Waals surface area contributed by atoms with E-state index >= 15 is 0 Å². The molecular weight excluding hydrogens is 382 g/mol. The normalized spacial score (nSPS) is 15.6. The van der Waals surface area contributed by atoms with Crippen molar-refractivity contribution in [1.29, 1.82) is 0 Å². The molecule has 2 aromatic rings. The predicted molar refractivity (Wildman–Crippen MR) is 115 cm³/mol. The number of morpholine rings is 1. The number of fused-ring (bicyclic) bond motifs is 3. The van der Waals surface area contributed by atoms with Gasteiger partial charge in [-0.3, -0.25) is 9.69 Å². The summed E-state index contributed by atoms with van der Waals surface area (Å²) in [5.74, 6) is 2.03. The highest BCUT2D eigenvalue weighted by molar-refractivity contribution is 6.23. The summed E-state index contributed by atoms with van der Waals surface area (Å²) in [5, 5.41) is 0. The molecule has 1 aliphatic carbocycles. The van der Waals surface area contributed by atoms with Crippen molar-refractivity contribution in [3.05, 3.63) is 41.5 Å². The van der Waals surface area contributed by atoms with Crippen LogP contribution in [0.4, 0.5) is 0 Å². The Bertz CT molecular complexity index is 905. The second-order valence-corrected chi connectivity index (χ2v) is 7.44. The van der Waals surface area contributed by atoms with E-state index in [1.807, 2.05) is 37.3 Å². The molecular formula is C24H29NO5. The minimum atomic E-state index is -0.0125. The molecule has 30 heavy (non-hydrogen) atoms. The molecule has 0 atom stereocenters. The molecule has 6 heteroatoms. The molecule has 0 radical (unpaired) electrons. The van der Waals surface area contributed by atoms with Gasteiger partial charge in [-0.25, -0.2) is 0 Å². The second kappa shape index (κ2) is 9.49. The minimum Gasteiger partial charge on any atom is -0.493 e. The quantitative estimate of drug-likeness (QED) is 0.534. The van der Waals surface area contributed by atoms with Gasteiger partial charge < -0.3 is 18.9 Å². The summed E-state index contributed by atoms with van der Waals surface area (Å²) in [5.41, 5.74) is 2.90. The van der Waals surface area contributed by atoms with Crippen molar-refractivity contribution < 1.29 is 23.7 Å². The van der Waals surface area contributed by atoms with Gasteiger partial charge in [0.05, 0.1) is 26.4 Å². The third-order valence-electron chi connectivity index (χ3n) is 5.38. The first kappa shape index (κ1) is 20.7. The van der Waals surface area contributed by atoms with Crippen molar-refractivity contribution in [3.8, 4) is 28.4 Å². The van der Waals surface area contributed by atoms with E-state index in [1.54, 1.807) is 0 Å². The number of carbonyl (C=O) groups excluding carboxylic acids is 1. The number of benzene rings is 2. The first-order valence-corrected chi connectivity index (χ1v) is 10.8. The molecule has 2 aromatic carbocycles. The van der Waals surface area contributed by atoms with Gasteiger partial charge in [-0.05, 0) is 25.5 Å². The minimum absolute atomic E-state index is 0.0125. The van der Waals surface area contributed by atoms with E-state index in [0.717, 1.165) is 56.1 Å². The van der Waals surface area contributed by atoms with E-state index in [9.17, 15) is 4.79 Å². The summed E-state index contributed by atoms with van der Waals surface area (Å²) in [6.07, 6.45) is 0.899. The zero-order valence-electron chi connectivity index (χ0n) is 17.7. The highest BCUT2D eigenvalue weighted by Crippen LogP contribution is 2.49. The van der Waals surface area contributed by atoms with Gasteiger partial charge in [0.25, 0.3) is 0 Å². The number of ketones is 1. The zero-order valence-corrected chi connectivity index (χ0v) is 17.7. The summed E-state index contributed by atoms with van der Waals surface area (Å²) in [4.78, 5) is 15.5. The summed E-state index contributed by atoms with van der Waals surface area (Å²) in [6, 6.07) is 9.37. The Morgan fingerprint density at radius 1 is 0.933 bits per heavy atom. The maximum absolute atomic E-state index is 13.2. The van der Waals surface area contributed by atoms with Gasteiger partial charge in [0.15, 0.2) is 5.78 Å². The van der Waals surface area contributed by atoms with Crippen LogP contribution in [0.25, 0.3) is 11.1 Å². The molecule has 6 nitrogen and oxygen atoms in total. The van der Waals surface area contributed by atoms with Crippen LogP contribution in [0.1, 0.15) is 36.2 Å². The standard InChI is InChI=1S/C24H29NO5/c1-3-11-29-17-15-19-23(21(16-17)28-4-2)22-18(24(19)26)6-5-7-20(22)30-14-10-25-8-12-27-13-9-25/h5-7,15-16H,3-4,8-14H2,1-2H3. The highest BCUT2D eigenvalue weighted by atomic mass is 16.5. The average Bonchev–Trinajstić information content (AvgIpc) is 3.06. The molecule has 2 aliphatic rings. The zero-order chi connectivity index (χ0) is 20.9. The molecule has 1 saturated heterocycles. The van der Waals surface area contributed by atoms with Crippen LogP contribution in [0.3, 0.4) is 0 Å². The van der Waals surface area contributed by atoms with Crippen LogP contribution < -0.4 is 14.2 Å². The average molecular weight is 411 g/mol. The Morgan fingerprint density at radius 3 is 2.50 bits per heavy atom. The van der Waals surface area contributed by atoms with E-state index in [1.165, 1.54) is 0 Å². The Balaban J connectivity index is 1.63. The largest absolute Gasteiger partial charge is 0.493 e. The van der Waals surface area contributed by atoms with Crippen molar-refractivity contribution >= 4 is 5.78 Å². The molecule has 0 N–H and O–H groups in total. The molecule has 1 aliphatic heterocycles. The third-order valence-corrected chi connectivity index (χ3v) is 5.38. The van der Waals surface area contributed by atoms with Crippen molar-refractivity contribution in [3.63, 3.8) is 0 Å². The van der Waals surface area contributed by atoms with Crippen LogP contribution >= 0.6 is 0 Å². The van der Waals surface area contributed by atoms with Gasteiger partial charge in [0, 0.05) is 48.0 Å². The molecule has 0 bridgehead atoms. The van der Waals surface area contributed by atoms with Gasteiger partial charge in [0.1, 0.15) is 23.9 Å².